The molecule has 25 heavy (non-hydrogen) atoms. The number of benzene rings is 1. The van der Waals surface area contributed by atoms with Gasteiger partial charge in [-0.2, -0.15) is 0 Å². The maximum absolute atomic E-state index is 11.5. The van der Waals surface area contributed by atoms with Crippen molar-refractivity contribution < 1.29 is 8.42 Å². The predicted molar refractivity (Wildman–Crippen MR) is 99.2 cm³/mol. The summed E-state index contributed by atoms with van der Waals surface area (Å²) >= 11 is 0. The molecule has 1 aliphatic rings. The molecule has 0 amide bonds. The molecule has 1 aromatic carbocycles. The number of hydrogen-bond acceptors (Lipinski definition) is 5. The van der Waals surface area contributed by atoms with E-state index in [9.17, 15) is 8.42 Å². The fourth-order valence-corrected chi connectivity index (χ4v) is 3.89. The van der Waals surface area contributed by atoms with Crippen LogP contribution >= 0.6 is 0 Å². The van der Waals surface area contributed by atoms with Crippen LogP contribution in [0.25, 0.3) is 0 Å². The molecule has 0 aliphatic carbocycles. The number of sulfone groups is 1. The highest BCUT2D eigenvalue weighted by molar-refractivity contribution is 7.90. The van der Waals surface area contributed by atoms with Crippen LogP contribution < -0.4 is 10.6 Å². The summed E-state index contributed by atoms with van der Waals surface area (Å²) in [6, 6.07) is 11.2. The van der Waals surface area contributed by atoms with Crippen LogP contribution in [0.4, 0.5) is 0 Å². The monoisotopic (exact) mass is 359 g/mol. The van der Waals surface area contributed by atoms with Crippen LogP contribution in [0.5, 0.6) is 0 Å². The Labute approximate surface area is 149 Å². The van der Waals surface area contributed by atoms with E-state index < -0.39 is 9.84 Å². The minimum atomic E-state index is -3.13. The highest BCUT2D eigenvalue weighted by Gasteiger charge is 2.19. The Hall–Kier alpha value is -1.76. The second kappa shape index (κ2) is 8.08. The van der Waals surface area contributed by atoms with Crippen LogP contribution in [-0.2, 0) is 22.9 Å². The van der Waals surface area contributed by atoms with Crippen LogP contribution in [0.1, 0.15) is 35.6 Å². The summed E-state index contributed by atoms with van der Waals surface area (Å²) in [5, 5.41) is 6.85. The second-order valence-electron chi connectivity index (χ2n) is 6.59. The SMILES string of the molecule is CS(=O)(=O)c1ccc(CNCc2cccnc2C2CCNCC2)cc1. The van der Waals surface area contributed by atoms with E-state index in [4.69, 9.17) is 0 Å². The van der Waals surface area contributed by atoms with Crippen molar-refractivity contribution >= 4 is 9.84 Å². The van der Waals surface area contributed by atoms with Gasteiger partial charge in [-0.3, -0.25) is 4.98 Å². The summed E-state index contributed by atoms with van der Waals surface area (Å²) in [7, 11) is -3.13. The van der Waals surface area contributed by atoms with Crippen LogP contribution in [0, 0.1) is 0 Å². The molecule has 2 N–H and O–H groups in total. The fourth-order valence-electron chi connectivity index (χ4n) is 3.26. The lowest BCUT2D eigenvalue weighted by molar-refractivity contribution is 0.449. The minimum Gasteiger partial charge on any atom is -0.317 e. The van der Waals surface area contributed by atoms with Crippen LogP contribution in [0.3, 0.4) is 0 Å². The van der Waals surface area contributed by atoms with Gasteiger partial charge < -0.3 is 10.6 Å². The topological polar surface area (TPSA) is 71.1 Å². The van der Waals surface area contributed by atoms with Crippen molar-refractivity contribution in [1.29, 1.82) is 0 Å². The summed E-state index contributed by atoms with van der Waals surface area (Å²) < 4.78 is 23.0. The van der Waals surface area contributed by atoms with E-state index in [2.05, 4.69) is 21.7 Å². The van der Waals surface area contributed by atoms with Crippen LogP contribution in [-0.4, -0.2) is 32.7 Å². The fraction of sp³-hybridized carbons (Fsp3) is 0.421. The third kappa shape index (κ3) is 4.87. The zero-order valence-corrected chi connectivity index (χ0v) is 15.3. The number of aromatic nitrogens is 1. The molecule has 0 spiro atoms. The molecule has 2 heterocycles. The molecule has 1 aliphatic heterocycles. The first-order valence-corrected chi connectivity index (χ1v) is 10.6. The third-order valence-electron chi connectivity index (χ3n) is 4.65. The molecule has 1 fully saturated rings. The molecular formula is C19H25N3O2S. The number of pyridine rings is 1. The highest BCUT2D eigenvalue weighted by Crippen LogP contribution is 2.26. The Balaban J connectivity index is 1.60. The Morgan fingerprint density at radius 2 is 1.84 bits per heavy atom. The molecule has 0 bridgehead atoms. The first kappa shape index (κ1) is 18.0. The Morgan fingerprint density at radius 1 is 1.12 bits per heavy atom. The lowest BCUT2D eigenvalue weighted by Crippen LogP contribution is -2.28. The standard InChI is InChI=1S/C19H25N3O2S/c1-25(23,24)18-6-4-15(5-7-18)13-21-14-17-3-2-10-22-19(17)16-8-11-20-12-9-16/h2-7,10,16,20-21H,8-9,11-14H2,1H3. The van der Waals surface area contributed by atoms with Crippen molar-refractivity contribution in [3.63, 3.8) is 0 Å². The molecule has 6 heteroatoms. The van der Waals surface area contributed by atoms with Crippen molar-refractivity contribution in [3.8, 4) is 0 Å². The lowest BCUT2D eigenvalue weighted by Gasteiger charge is -2.24. The normalized spacial score (nSPS) is 16.0. The molecule has 1 saturated heterocycles. The molecule has 0 atom stereocenters. The van der Waals surface area contributed by atoms with Gasteiger partial charge >= 0.3 is 0 Å². The Kier molecular flexibility index (Phi) is 5.83. The van der Waals surface area contributed by atoms with Crippen molar-refractivity contribution in [2.24, 2.45) is 0 Å². The third-order valence-corrected chi connectivity index (χ3v) is 5.78. The van der Waals surface area contributed by atoms with Crippen molar-refractivity contribution in [1.82, 2.24) is 15.6 Å². The molecule has 5 nitrogen and oxygen atoms in total. The van der Waals surface area contributed by atoms with Crippen molar-refractivity contribution in [2.45, 2.75) is 36.7 Å². The first-order chi connectivity index (χ1) is 12.0. The Morgan fingerprint density at radius 3 is 2.52 bits per heavy atom. The minimum absolute atomic E-state index is 0.358. The number of piperidine rings is 1. The summed E-state index contributed by atoms with van der Waals surface area (Å²) in [4.78, 5) is 4.99. The van der Waals surface area contributed by atoms with E-state index in [0.717, 1.165) is 38.0 Å². The van der Waals surface area contributed by atoms with Gasteiger partial charge in [0.25, 0.3) is 0 Å². The van der Waals surface area contributed by atoms with Gasteiger partial charge in [-0.25, -0.2) is 8.42 Å². The highest BCUT2D eigenvalue weighted by atomic mass is 32.2. The number of nitrogens with zero attached hydrogens (tertiary/aromatic N) is 1. The maximum atomic E-state index is 11.5. The first-order valence-electron chi connectivity index (χ1n) is 8.68. The van der Waals surface area contributed by atoms with Gasteiger partial charge in [0.15, 0.2) is 9.84 Å². The molecule has 2 aromatic rings. The van der Waals surface area contributed by atoms with Gasteiger partial charge in [0.1, 0.15) is 0 Å². The van der Waals surface area contributed by atoms with Gasteiger partial charge in [0.2, 0.25) is 0 Å². The predicted octanol–water partition coefficient (Wildman–Crippen LogP) is 2.24. The lowest BCUT2D eigenvalue weighted by atomic mass is 9.91. The van der Waals surface area contributed by atoms with E-state index in [1.54, 1.807) is 12.1 Å². The summed E-state index contributed by atoms with van der Waals surface area (Å²) in [6.45, 7) is 3.58. The summed E-state index contributed by atoms with van der Waals surface area (Å²) in [5.41, 5.74) is 3.53. The molecule has 0 saturated carbocycles. The number of hydrogen-bond donors (Lipinski definition) is 2. The van der Waals surface area contributed by atoms with Crippen LogP contribution in [0.15, 0.2) is 47.5 Å². The van der Waals surface area contributed by atoms with E-state index in [1.807, 2.05) is 24.4 Å². The summed E-state index contributed by atoms with van der Waals surface area (Å²) in [5.74, 6) is 0.535. The quantitative estimate of drug-likeness (QED) is 0.828. The van der Waals surface area contributed by atoms with Crippen LogP contribution in [0.2, 0.25) is 0 Å². The van der Waals surface area contributed by atoms with Gasteiger partial charge in [-0.1, -0.05) is 18.2 Å². The maximum Gasteiger partial charge on any atom is 0.175 e. The average molecular weight is 359 g/mol. The van der Waals surface area contributed by atoms with Gasteiger partial charge in [-0.15, -0.1) is 0 Å². The smallest absolute Gasteiger partial charge is 0.175 e. The molecular weight excluding hydrogens is 334 g/mol. The van der Waals surface area contributed by atoms with E-state index in [1.165, 1.54) is 17.5 Å². The van der Waals surface area contributed by atoms with E-state index in [-0.39, 0.29) is 0 Å². The van der Waals surface area contributed by atoms with E-state index >= 15 is 0 Å². The van der Waals surface area contributed by atoms with E-state index in [0.29, 0.717) is 17.4 Å². The number of rotatable bonds is 6. The van der Waals surface area contributed by atoms with Crippen molar-refractivity contribution in [2.75, 3.05) is 19.3 Å². The second-order valence-corrected chi connectivity index (χ2v) is 8.61. The van der Waals surface area contributed by atoms with Gasteiger partial charge in [0, 0.05) is 37.2 Å². The number of nitrogens with one attached hydrogen (secondary N) is 2. The summed E-state index contributed by atoms with van der Waals surface area (Å²) in [6.07, 6.45) is 5.38. The molecule has 134 valence electrons. The zero-order chi connectivity index (χ0) is 17.7. The van der Waals surface area contributed by atoms with Crippen molar-refractivity contribution in [3.05, 3.63) is 59.4 Å². The molecule has 3 rings (SSSR count). The largest absolute Gasteiger partial charge is 0.317 e. The zero-order valence-electron chi connectivity index (χ0n) is 14.5. The Bertz CT molecular complexity index is 798. The molecule has 0 radical (unpaired) electrons. The molecule has 1 aromatic heterocycles. The van der Waals surface area contributed by atoms with Gasteiger partial charge in [0.05, 0.1) is 4.90 Å². The molecule has 0 unspecified atom stereocenters. The van der Waals surface area contributed by atoms with Gasteiger partial charge in [-0.05, 0) is 55.3 Å². The average Bonchev–Trinajstić information content (AvgIpc) is 2.63.